The molecule has 0 aromatic carbocycles. The lowest BCUT2D eigenvalue weighted by molar-refractivity contribution is -0.302. The van der Waals surface area contributed by atoms with Gasteiger partial charge in [-0.3, -0.25) is 9.48 Å². The van der Waals surface area contributed by atoms with Gasteiger partial charge in [0, 0.05) is 18.3 Å². The van der Waals surface area contributed by atoms with E-state index in [1.165, 1.54) is 19.3 Å². The third-order valence-electron chi connectivity index (χ3n) is 2.71. The summed E-state index contributed by atoms with van der Waals surface area (Å²) in [6.07, 6.45) is -2.93. The van der Waals surface area contributed by atoms with Crippen molar-refractivity contribution in [2.24, 2.45) is 5.10 Å². The van der Waals surface area contributed by atoms with Gasteiger partial charge in [0.15, 0.2) is 0 Å². The number of aliphatic hydroxyl groups is 1. The van der Waals surface area contributed by atoms with E-state index < -0.39 is 30.8 Å². The molecule has 2 rings (SSSR count). The summed E-state index contributed by atoms with van der Waals surface area (Å²) < 4.78 is 40.5. The zero-order valence-electron chi connectivity index (χ0n) is 10.2. The highest BCUT2D eigenvalue weighted by Crippen LogP contribution is 2.40. The Morgan fingerprint density at radius 2 is 2.25 bits per heavy atom. The molecule has 6 nitrogen and oxygen atoms in total. The fourth-order valence-electron chi connectivity index (χ4n) is 1.83. The second kappa shape index (κ2) is 4.85. The molecule has 1 aliphatic heterocycles. The van der Waals surface area contributed by atoms with E-state index in [2.05, 4.69) is 26.1 Å². The van der Waals surface area contributed by atoms with Crippen LogP contribution in [0.1, 0.15) is 13.3 Å². The molecular weight excluding hydrogens is 345 g/mol. The summed E-state index contributed by atoms with van der Waals surface area (Å²) in [6.45, 7) is 0.856. The Morgan fingerprint density at radius 3 is 2.75 bits per heavy atom. The van der Waals surface area contributed by atoms with Crippen LogP contribution >= 0.6 is 15.9 Å². The topological polar surface area (TPSA) is 70.7 Å². The number of hydrogen-bond donors (Lipinski definition) is 1. The second-order valence-corrected chi connectivity index (χ2v) is 5.30. The SMILES string of the molecule is CC1=NN(C(=O)Cn2cc(Br)cn2)C(O)(C(F)(F)F)C1. The largest absolute Gasteiger partial charge is 0.438 e. The first kappa shape index (κ1) is 15.0. The number of carbonyl (C=O) groups is 1. The van der Waals surface area contributed by atoms with Gasteiger partial charge in [-0.15, -0.1) is 0 Å². The number of nitrogens with zero attached hydrogens (tertiary/aromatic N) is 4. The standard InChI is InChI=1S/C10H10BrF3N4O2/c1-6-2-9(20,10(12,13)14)18(16-6)8(19)5-17-4-7(11)3-15-17/h3-4,20H,2,5H2,1H3. The molecule has 1 aromatic heterocycles. The van der Waals surface area contributed by atoms with Crippen LogP contribution in [0.4, 0.5) is 13.2 Å². The van der Waals surface area contributed by atoms with Crippen molar-refractivity contribution >= 4 is 27.5 Å². The molecule has 20 heavy (non-hydrogen) atoms. The van der Waals surface area contributed by atoms with Gasteiger partial charge in [0.25, 0.3) is 11.6 Å². The highest BCUT2D eigenvalue weighted by molar-refractivity contribution is 9.10. The van der Waals surface area contributed by atoms with Crippen molar-refractivity contribution in [1.82, 2.24) is 14.8 Å². The average molecular weight is 355 g/mol. The lowest BCUT2D eigenvalue weighted by Crippen LogP contribution is -2.57. The minimum Gasteiger partial charge on any atom is -0.362 e. The summed E-state index contributed by atoms with van der Waals surface area (Å²) in [6, 6.07) is 0. The van der Waals surface area contributed by atoms with Gasteiger partial charge < -0.3 is 5.11 Å². The number of hydrazone groups is 1. The van der Waals surface area contributed by atoms with Gasteiger partial charge in [-0.1, -0.05) is 0 Å². The Labute approximate surface area is 120 Å². The second-order valence-electron chi connectivity index (χ2n) is 4.39. The van der Waals surface area contributed by atoms with Crippen molar-refractivity contribution in [3.05, 3.63) is 16.9 Å². The van der Waals surface area contributed by atoms with Crippen molar-refractivity contribution in [2.45, 2.75) is 31.8 Å². The average Bonchev–Trinajstić information content (AvgIpc) is 2.82. The van der Waals surface area contributed by atoms with Crippen LogP contribution in [-0.4, -0.2) is 43.4 Å². The van der Waals surface area contributed by atoms with E-state index in [1.54, 1.807) is 0 Å². The van der Waals surface area contributed by atoms with Crippen LogP contribution < -0.4 is 0 Å². The smallest absolute Gasteiger partial charge is 0.362 e. The zero-order valence-corrected chi connectivity index (χ0v) is 11.8. The summed E-state index contributed by atoms with van der Waals surface area (Å²) in [7, 11) is 0. The molecule has 1 amide bonds. The fraction of sp³-hybridized carbons (Fsp3) is 0.500. The molecule has 10 heteroatoms. The maximum Gasteiger partial charge on any atom is 0.438 e. The summed E-state index contributed by atoms with van der Waals surface area (Å²) in [4.78, 5) is 11.9. The molecule has 0 aliphatic carbocycles. The molecule has 0 saturated heterocycles. The first-order valence-electron chi connectivity index (χ1n) is 5.48. The highest BCUT2D eigenvalue weighted by Gasteiger charge is 2.62. The first-order valence-corrected chi connectivity index (χ1v) is 6.27. The van der Waals surface area contributed by atoms with E-state index in [0.717, 1.165) is 4.68 Å². The molecule has 110 valence electrons. The summed E-state index contributed by atoms with van der Waals surface area (Å²) >= 11 is 3.10. The van der Waals surface area contributed by atoms with E-state index in [0.29, 0.717) is 4.47 Å². The quantitative estimate of drug-likeness (QED) is 0.874. The van der Waals surface area contributed by atoms with E-state index in [4.69, 9.17) is 0 Å². The van der Waals surface area contributed by atoms with Gasteiger partial charge in [-0.2, -0.15) is 28.4 Å². The van der Waals surface area contributed by atoms with Gasteiger partial charge in [0.1, 0.15) is 6.54 Å². The maximum atomic E-state index is 12.9. The monoisotopic (exact) mass is 354 g/mol. The third kappa shape index (κ3) is 2.57. The van der Waals surface area contributed by atoms with Crippen LogP contribution in [0.5, 0.6) is 0 Å². The van der Waals surface area contributed by atoms with E-state index in [-0.39, 0.29) is 10.7 Å². The molecule has 0 spiro atoms. The van der Waals surface area contributed by atoms with Crippen molar-refractivity contribution in [1.29, 1.82) is 0 Å². The number of rotatable bonds is 2. The highest BCUT2D eigenvalue weighted by atomic mass is 79.9. The molecule has 0 fully saturated rings. The fourth-order valence-corrected chi connectivity index (χ4v) is 2.16. The van der Waals surface area contributed by atoms with Crippen LogP contribution in [0, 0.1) is 0 Å². The molecule has 1 atom stereocenters. The Hall–Kier alpha value is -1.42. The zero-order chi connectivity index (χ0) is 15.1. The summed E-state index contributed by atoms with van der Waals surface area (Å²) in [5.41, 5.74) is -3.27. The molecule has 1 N–H and O–H groups in total. The Morgan fingerprint density at radius 1 is 1.60 bits per heavy atom. The van der Waals surface area contributed by atoms with E-state index in [1.807, 2.05) is 0 Å². The normalized spacial score (nSPS) is 23.1. The number of carbonyl (C=O) groups excluding carboxylic acids is 1. The van der Waals surface area contributed by atoms with Gasteiger partial charge >= 0.3 is 6.18 Å². The van der Waals surface area contributed by atoms with Gasteiger partial charge in [-0.25, -0.2) is 0 Å². The van der Waals surface area contributed by atoms with Crippen LogP contribution in [0.2, 0.25) is 0 Å². The van der Waals surface area contributed by atoms with Crippen LogP contribution in [-0.2, 0) is 11.3 Å². The predicted molar refractivity (Wildman–Crippen MR) is 65.5 cm³/mol. The molecular formula is C10H10BrF3N4O2. The number of amides is 1. The van der Waals surface area contributed by atoms with E-state index >= 15 is 0 Å². The molecule has 2 heterocycles. The van der Waals surface area contributed by atoms with Gasteiger partial charge in [-0.05, 0) is 22.9 Å². The molecule has 1 unspecified atom stereocenters. The Kier molecular flexibility index (Phi) is 3.63. The lowest BCUT2D eigenvalue weighted by Gasteiger charge is -2.32. The molecule has 1 aromatic rings. The van der Waals surface area contributed by atoms with E-state index in [9.17, 15) is 23.1 Å². The number of aromatic nitrogens is 2. The molecule has 0 radical (unpaired) electrons. The summed E-state index contributed by atoms with van der Waals surface area (Å²) in [5, 5.41) is 17.1. The maximum absolute atomic E-state index is 12.9. The van der Waals surface area contributed by atoms with Crippen LogP contribution in [0.15, 0.2) is 22.0 Å². The minimum atomic E-state index is -4.99. The Balaban J connectivity index is 2.23. The Bertz CT molecular complexity index is 571. The molecule has 1 aliphatic rings. The first-order chi connectivity index (χ1) is 9.13. The van der Waals surface area contributed by atoms with Crippen molar-refractivity contribution in [2.75, 3.05) is 0 Å². The van der Waals surface area contributed by atoms with Gasteiger partial charge in [0.05, 0.1) is 10.7 Å². The molecule has 0 bridgehead atoms. The number of alkyl halides is 3. The van der Waals surface area contributed by atoms with Crippen molar-refractivity contribution in [3.63, 3.8) is 0 Å². The van der Waals surface area contributed by atoms with Crippen LogP contribution in [0.3, 0.4) is 0 Å². The molecule has 0 saturated carbocycles. The van der Waals surface area contributed by atoms with Gasteiger partial charge in [0.2, 0.25) is 0 Å². The predicted octanol–water partition coefficient (Wildman–Crippen LogP) is 1.50. The number of halogens is 4. The lowest BCUT2D eigenvalue weighted by atomic mass is 10.1. The minimum absolute atomic E-state index is 0.0276. The number of hydrogen-bond acceptors (Lipinski definition) is 4. The third-order valence-corrected chi connectivity index (χ3v) is 3.12. The van der Waals surface area contributed by atoms with Crippen LogP contribution in [0.25, 0.3) is 0 Å². The summed E-state index contributed by atoms with van der Waals surface area (Å²) in [5.74, 6) is -1.00. The van der Waals surface area contributed by atoms with Crippen molar-refractivity contribution in [3.8, 4) is 0 Å². The van der Waals surface area contributed by atoms with Crippen molar-refractivity contribution < 1.29 is 23.1 Å².